The number of nitrogens with zero attached hydrogens (tertiary/aromatic N) is 6. The summed E-state index contributed by atoms with van der Waals surface area (Å²) in [4.78, 5) is 35.6. The lowest BCUT2D eigenvalue weighted by molar-refractivity contribution is -0.131. The molecule has 10 nitrogen and oxygen atoms in total. The van der Waals surface area contributed by atoms with Crippen molar-refractivity contribution in [2.75, 3.05) is 56.7 Å². The van der Waals surface area contributed by atoms with E-state index in [0.717, 1.165) is 66.9 Å². The first-order valence-electron chi connectivity index (χ1n) is 13.8. The molecule has 210 valence electrons. The molecule has 0 aliphatic carbocycles. The van der Waals surface area contributed by atoms with Gasteiger partial charge in [0.1, 0.15) is 11.6 Å². The van der Waals surface area contributed by atoms with Gasteiger partial charge in [-0.3, -0.25) is 4.79 Å². The number of hydrogen-bond donors (Lipinski definition) is 1. The van der Waals surface area contributed by atoms with Gasteiger partial charge < -0.3 is 24.6 Å². The smallest absolute Gasteiger partial charge is 0.230 e. The summed E-state index contributed by atoms with van der Waals surface area (Å²) in [6.07, 6.45) is 5.44. The van der Waals surface area contributed by atoms with E-state index in [4.69, 9.17) is 19.4 Å². The van der Waals surface area contributed by atoms with Gasteiger partial charge in [0.15, 0.2) is 0 Å². The van der Waals surface area contributed by atoms with Gasteiger partial charge in [0.05, 0.1) is 43.7 Å². The molecular weight excluding hydrogens is 513 g/mol. The van der Waals surface area contributed by atoms with Crippen molar-refractivity contribution in [3.05, 3.63) is 53.2 Å². The van der Waals surface area contributed by atoms with E-state index >= 15 is 0 Å². The Morgan fingerprint density at radius 3 is 2.80 bits per heavy atom. The lowest BCUT2D eigenvalue weighted by Gasteiger charge is -2.36. The number of nitrogens with one attached hydrogen (secondary N) is 1. The second-order valence-electron chi connectivity index (χ2n) is 10.9. The summed E-state index contributed by atoms with van der Waals surface area (Å²) in [6, 6.07) is 5.62. The minimum Gasteiger partial charge on any atom is -0.481 e. The van der Waals surface area contributed by atoms with E-state index in [-0.39, 0.29) is 11.4 Å². The highest BCUT2D eigenvalue weighted by molar-refractivity contribution is 5.84. The molecule has 3 aliphatic heterocycles. The second-order valence-corrected chi connectivity index (χ2v) is 10.9. The lowest BCUT2D eigenvalue weighted by Crippen LogP contribution is -2.46. The Bertz CT molecular complexity index is 1430. The maximum atomic E-state index is 14.5. The average molecular weight is 548 g/mol. The molecule has 2 saturated heterocycles. The summed E-state index contributed by atoms with van der Waals surface area (Å²) >= 11 is 0. The molecule has 6 heterocycles. The third-order valence-corrected chi connectivity index (χ3v) is 8.33. The molecule has 0 unspecified atom stereocenters. The number of rotatable bonds is 5. The Balaban J connectivity index is 1.18. The third kappa shape index (κ3) is 4.94. The fourth-order valence-electron chi connectivity index (χ4n) is 5.96. The van der Waals surface area contributed by atoms with E-state index < -0.39 is 11.7 Å². The van der Waals surface area contributed by atoms with Crippen molar-refractivity contribution < 1.29 is 18.7 Å². The molecule has 1 N–H and O–H groups in total. The minimum absolute atomic E-state index is 0.101. The number of methoxy groups -OCH3 is 1. The van der Waals surface area contributed by atoms with E-state index in [1.807, 2.05) is 17.9 Å². The number of pyridine rings is 2. The van der Waals surface area contributed by atoms with Crippen molar-refractivity contribution in [1.29, 1.82) is 0 Å². The summed E-state index contributed by atoms with van der Waals surface area (Å²) < 4.78 is 25.1. The summed E-state index contributed by atoms with van der Waals surface area (Å²) in [5.74, 6) is 0.625. The van der Waals surface area contributed by atoms with E-state index in [1.165, 1.54) is 13.2 Å². The van der Waals surface area contributed by atoms with Crippen molar-refractivity contribution in [1.82, 2.24) is 24.8 Å². The number of ether oxygens (including phenoxy) is 2. The number of anilines is 2. The largest absolute Gasteiger partial charge is 0.481 e. The first-order chi connectivity index (χ1) is 19.4. The van der Waals surface area contributed by atoms with E-state index in [0.29, 0.717) is 43.7 Å². The average Bonchev–Trinajstić information content (AvgIpc) is 3.39. The molecule has 40 heavy (non-hydrogen) atoms. The van der Waals surface area contributed by atoms with Gasteiger partial charge in [-0.2, -0.15) is 0 Å². The van der Waals surface area contributed by atoms with Crippen LogP contribution in [0.1, 0.15) is 42.5 Å². The Kier molecular flexibility index (Phi) is 6.99. The van der Waals surface area contributed by atoms with Gasteiger partial charge in [-0.15, -0.1) is 0 Å². The van der Waals surface area contributed by atoms with E-state index in [1.54, 1.807) is 13.1 Å². The Morgan fingerprint density at radius 2 is 2.00 bits per heavy atom. The zero-order valence-electron chi connectivity index (χ0n) is 23.1. The molecule has 2 atom stereocenters. The van der Waals surface area contributed by atoms with Crippen LogP contribution in [-0.4, -0.2) is 82.8 Å². The monoisotopic (exact) mass is 547 g/mol. The van der Waals surface area contributed by atoms with Gasteiger partial charge >= 0.3 is 0 Å². The van der Waals surface area contributed by atoms with Crippen LogP contribution in [0.2, 0.25) is 0 Å². The van der Waals surface area contributed by atoms with Crippen LogP contribution in [0.4, 0.5) is 16.2 Å². The first kappa shape index (κ1) is 26.4. The third-order valence-electron chi connectivity index (χ3n) is 8.33. The first-order valence-corrected chi connectivity index (χ1v) is 13.8. The maximum absolute atomic E-state index is 14.5. The summed E-state index contributed by atoms with van der Waals surface area (Å²) in [6.45, 7) is 7.81. The normalized spacial score (nSPS) is 21.2. The fourth-order valence-corrected chi connectivity index (χ4v) is 5.96. The van der Waals surface area contributed by atoms with Crippen LogP contribution in [0.25, 0.3) is 11.3 Å². The van der Waals surface area contributed by atoms with Crippen molar-refractivity contribution in [2.24, 2.45) is 0 Å². The predicted molar refractivity (Wildman–Crippen MR) is 148 cm³/mol. The lowest BCUT2D eigenvalue weighted by atomic mass is 9.86. The topological polar surface area (TPSA) is 106 Å². The molecule has 1 amide bonds. The Morgan fingerprint density at radius 1 is 1.18 bits per heavy atom. The Labute approximate surface area is 233 Å². The number of fused-ring (bicyclic) bond motifs is 1. The van der Waals surface area contributed by atoms with Crippen LogP contribution in [-0.2, 0) is 16.0 Å². The number of carbonyl (C=O) groups excluding carboxylic acids is 1. The molecule has 0 saturated carbocycles. The highest BCUT2D eigenvalue weighted by Gasteiger charge is 2.43. The Hall–Kier alpha value is -3.86. The number of likely N-dealkylation sites (tertiary alicyclic amines) is 1. The van der Waals surface area contributed by atoms with E-state index in [2.05, 4.69) is 26.3 Å². The summed E-state index contributed by atoms with van der Waals surface area (Å²) in [5.41, 5.74) is 3.93. The van der Waals surface area contributed by atoms with Crippen molar-refractivity contribution in [2.45, 2.75) is 44.6 Å². The highest BCUT2D eigenvalue weighted by atomic mass is 19.1. The molecule has 11 heteroatoms. The molecule has 2 fully saturated rings. The highest BCUT2D eigenvalue weighted by Crippen LogP contribution is 2.39. The SMILES string of the molecule is COc1cc([C@@H](C)C(=O)N2CC[C@@]3(CCc4cc(-c5ccnc(N6CCOCC6)n5)c(C)nc4N3)C2)c(F)cn1. The standard InChI is InChI=1S/C29H34FN7O3/c1-18(21-15-25(39-3)32-16-23(21)30)27(38)37-9-7-29(17-37)6-4-20-14-22(19(2)33-26(20)35-29)24-5-8-31-28(34-24)36-10-12-40-13-11-36/h5,8,14-16,18H,4,6-7,9-13,17H2,1-3H3,(H,33,35)/t18-,29+/m1/s1. The van der Waals surface area contributed by atoms with Crippen LogP contribution < -0.4 is 15.0 Å². The van der Waals surface area contributed by atoms with Gasteiger partial charge in [0.25, 0.3) is 0 Å². The zero-order chi connectivity index (χ0) is 27.9. The number of hydrogen-bond acceptors (Lipinski definition) is 9. The number of aromatic nitrogens is 4. The summed E-state index contributed by atoms with van der Waals surface area (Å²) in [7, 11) is 1.47. The van der Waals surface area contributed by atoms with Crippen LogP contribution in [0, 0.1) is 12.7 Å². The fraction of sp³-hybridized carbons (Fsp3) is 0.483. The molecule has 3 aromatic rings. The molecule has 3 aliphatic rings. The van der Waals surface area contributed by atoms with Crippen molar-refractivity contribution in [3.8, 4) is 17.1 Å². The molecule has 0 radical (unpaired) electrons. The quantitative estimate of drug-likeness (QED) is 0.515. The summed E-state index contributed by atoms with van der Waals surface area (Å²) in [5, 5.41) is 3.68. The van der Waals surface area contributed by atoms with Crippen molar-refractivity contribution >= 4 is 17.7 Å². The van der Waals surface area contributed by atoms with Gasteiger partial charge in [0.2, 0.25) is 17.7 Å². The second kappa shape index (κ2) is 10.6. The van der Waals surface area contributed by atoms with Crippen molar-refractivity contribution in [3.63, 3.8) is 0 Å². The minimum atomic E-state index is -0.638. The molecule has 0 aromatic carbocycles. The van der Waals surface area contributed by atoms with Crippen LogP contribution in [0.3, 0.4) is 0 Å². The number of aryl methyl sites for hydroxylation is 2. The van der Waals surface area contributed by atoms with Crippen LogP contribution >= 0.6 is 0 Å². The number of halogens is 1. The number of carbonyl (C=O) groups is 1. The van der Waals surface area contributed by atoms with Gasteiger partial charge in [-0.1, -0.05) is 0 Å². The van der Waals surface area contributed by atoms with Gasteiger partial charge in [-0.25, -0.2) is 24.3 Å². The maximum Gasteiger partial charge on any atom is 0.230 e. The molecule has 6 rings (SSSR count). The number of morpholine rings is 1. The van der Waals surface area contributed by atoms with E-state index in [9.17, 15) is 9.18 Å². The molecular formula is C29H34FN7O3. The predicted octanol–water partition coefficient (Wildman–Crippen LogP) is 3.36. The molecule has 0 bridgehead atoms. The van der Waals surface area contributed by atoms with Gasteiger partial charge in [0, 0.05) is 55.3 Å². The number of amides is 1. The van der Waals surface area contributed by atoms with Gasteiger partial charge in [-0.05, 0) is 50.8 Å². The van der Waals surface area contributed by atoms with Crippen LogP contribution in [0.5, 0.6) is 5.88 Å². The van der Waals surface area contributed by atoms with Crippen LogP contribution in [0.15, 0.2) is 30.6 Å². The zero-order valence-corrected chi connectivity index (χ0v) is 23.1. The molecule has 1 spiro atoms. The molecule has 3 aromatic heterocycles.